The van der Waals surface area contributed by atoms with Gasteiger partial charge in [-0.25, -0.2) is 4.79 Å². The SMILES string of the molecule is O=C(NCCN1CCOC1=O)C1CCC(=O)N(CCCc2ccccc2)C1. The maximum Gasteiger partial charge on any atom is 0.409 e. The molecule has 1 N–H and O–H groups in total. The van der Waals surface area contributed by atoms with Gasteiger partial charge in [-0.15, -0.1) is 0 Å². The Morgan fingerprint density at radius 3 is 2.70 bits per heavy atom. The first-order valence-corrected chi connectivity index (χ1v) is 9.64. The highest BCUT2D eigenvalue weighted by atomic mass is 16.6. The van der Waals surface area contributed by atoms with Gasteiger partial charge in [0, 0.05) is 32.6 Å². The van der Waals surface area contributed by atoms with Gasteiger partial charge in [-0.05, 0) is 24.8 Å². The Morgan fingerprint density at radius 2 is 1.96 bits per heavy atom. The van der Waals surface area contributed by atoms with E-state index in [9.17, 15) is 14.4 Å². The maximum atomic E-state index is 12.4. The number of aryl methyl sites for hydroxylation is 1. The smallest absolute Gasteiger partial charge is 0.409 e. The average Bonchev–Trinajstić information content (AvgIpc) is 3.09. The number of carbonyl (C=O) groups is 3. The summed E-state index contributed by atoms with van der Waals surface area (Å²) >= 11 is 0. The van der Waals surface area contributed by atoms with Crippen molar-refractivity contribution in [2.75, 3.05) is 39.3 Å². The normalized spacial score (nSPS) is 19.9. The summed E-state index contributed by atoms with van der Waals surface area (Å²) in [6, 6.07) is 10.2. The van der Waals surface area contributed by atoms with Crippen molar-refractivity contribution in [2.24, 2.45) is 5.92 Å². The van der Waals surface area contributed by atoms with Crippen molar-refractivity contribution in [3.8, 4) is 0 Å². The van der Waals surface area contributed by atoms with Crippen molar-refractivity contribution in [3.63, 3.8) is 0 Å². The topological polar surface area (TPSA) is 79.0 Å². The predicted molar refractivity (Wildman–Crippen MR) is 100.0 cm³/mol. The molecule has 0 saturated carbocycles. The Bertz CT molecular complexity index is 664. The lowest BCUT2D eigenvalue weighted by Crippen LogP contribution is -2.47. The highest BCUT2D eigenvalue weighted by molar-refractivity contribution is 5.83. The summed E-state index contributed by atoms with van der Waals surface area (Å²) in [7, 11) is 0. The molecule has 1 aromatic rings. The summed E-state index contributed by atoms with van der Waals surface area (Å²) in [5.74, 6) is -0.0833. The molecule has 2 aliphatic heterocycles. The summed E-state index contributed by atoms with van der Waals surface area (Å²) in [4.78, 5) is 39.4. The van der Waals surface area contributed by atoms with Crippen molar-refractivity contribution in [3.05, 3.63) is 35.9 Å². The third-order valence-corrected chi connectivity index (χ3v) is 5.13. The summed E-state index contributed by atoms with van der Waals surface area (Å²) in [5.41, 5.74) is 1.26. The van der Waals surface area contributed by atoms with E-state index in [-0.39, 0.29) is 23.8 Å². The van der Waals surface area contributed by atoms with Crippen LogP contribution in [0.25, 0.3) is 0 Å². The molecule has 0 spiro atoms. The second-order valence-corrected chi connectivity index (χ2v) is 7.06. The summed E-state index contributed by atoms with van der Waals surface area (Å²) < 4.78 is 4.86. The van der Waals surface area contributed by atoms with Gasteiger partial charge in [0.2, 0.25) is 11.8 Å². The van der Waals surface area contributed by atoms with Crippen LogP contribution in [0.15, 0.2) is 30.3 Å². The number of benzene rings is 1. The minimum absolute atomic E-state index is 0.0388. The number of hydrogen-bond donors (Lipinski definition) is 1. The fraction of sp³-hybridized carbons (Fsp3) is 0.550. The largest absolute Gasteiger partial charge is 0.448 e. The lowest BCUT2D eigenvalue weighted by atomic mass is 9.96. The van der Waals surface area contributed by atoms with Crippen LogP contribution >= 0.6 is 0 Å². The minimum atomic E-state index is -0.322. The predicted octanol–water partition coefficient (Wildman–Crippen LogP) is 1.43. The van der Waals surface area contributed by atoms with Crippen LogP contribution in [0.5, 0.6) is 0 Å². The standard InChI is InChI=1S/C20H27N3O4/c24-18-9-8-17(19(25)21-10-12-22-13-14-27-20(22)26)15-23(18)11-4-7-16-5-2-1-3-6-16/h1-3,5-6,17H,4,7-15H2,(H,21,25). The lowest BCUT2D eigenvalue weighted by Gasteiger charge is -2.32. The molecule has 2 fully saturated rings. The third kappa shape index (κ3) is 5.45. The molecule has 146 valence electrons. The molecular weight excluding hydrogens is 346 g/mol. The molecule has 1 unspecified atom stereocenters. The van der Waals surface area contributed by atoms with E-state index in [0.717, 1.165) is 12.8 Å². The average molecular weight is 373 g/mol. The Kier molecular flexibility index (Phi) is 6.68. The fourth-order valence-electron chi connectivity index (χ4n) is 3.55. The molecule has 1 aromatic carbocycles. The number of cyclic esters (lactones) is 1. The van der Waals surface area contributed by atoms with Gasteiger partial charge in [0.25, 0.3) is 0 Å². The first-order valence-electron chi connectivity index (χ1n) is 9.64. The number of hydrogen-bond acceptors (Lipinski definition) is 4. The zero-order chi connectivity index (χ0) is 19.1. The number of ether oxygens (including phenoxy) is 1. The number of likely N-dealkylation sites (tertiary alicyclic amines) is 1. The highest BCUT2D eigenvalue weighted by Crippen LogP contribution is 2.18. The van der Waals surface area contributed by atoms with Gasteiger partial charge in [0.15, 0.2) is 0 Å². The summed E-state index contributed by atoms with van der Waals surface area (Å²) in [6.07, 6.45) is 2.50. The quantitative estimate of drug-likeness (QED) is 0.748. The van der Waals surface area contributed by atoms with E-state index in [4.69, 9.17) is 4.74 Å². The Morgan fingerprint density at radius 1 is 1.15 bits per heavy atom. The number of nitrogens with zero attached hydrogens (tertiary/aromatic N) is 2. The second kappa shape index (κ2) is 9.39. The van der Waals surface area contributed by atoms with E-state index in [0.29, 0.717) is 52.2 Å². The highest BCUT2D eigenvalue weighted by Gasteiger charge is 2.30. The van der Waals surface area contributed by atoms with Crippen molar-refractivity contribution in [1.29, 1.82) is 0 Å². The van der Waals surface area contributed by atoms with Gasteiger partial charge < -0.3 is 19.9 Å². The lowest BCUT2D eigenvalue weighted by molar-refractivity contribution is -0.138. The number of rotatable bonds is 8. The molecule has 2 saturated heterocycles. The van der Waals surface area contributed by atoms with E-state index >= 15 is 0 Å². The van der Waals surface area contributed by atoms with Gasteiger partial charge in [0.1, 0.15) is 6.61 Å². The van der Waals surface area contributed by atoms with Crippen LogP contribution in [0.2, 0.25) is 0 Å². The monoisotopic (exact) mass is 373 g/mol. The molecule has 3 amide bonds. The van der Waals surface area contributed by atoms with Crippen LogP contribution in [0.4, 0.5) is 4.79 Å². The molecule has 2 heterocycles. The molecule has 3 rings (SSSR count). The molecular formula is C20H27N3O4. The molecule has 7 heteroatoms. The number of carbonyl (C=O) groups excluding carboxylic acids is 3. The number of nitrogens with one attached hydrogen (secondary N) is 1. The number of amides is 3. The first kappa shape index (κ1) is 19.2. The molecule has 0 bridgehead atoms. The zero-order valence-electron chi connectivity index (χ0n) is 15.6. The van der Waals surface area contributed by atoms with Gasteiger partial charge in [-0.1, -0.05) is 30.3 Å². The van der Waals surface area contributed by atoms with Gasteiger partial charge in [-0.2, -0.15) is 0 Å². The second-order valence-electron chi connectivity index (χ2n) is 7.06. The Hall–Kier alpha value is -2.57. The van der Waals surface area contributed by atoms with Gasteiger partial charge >= 0.3 is 6.09 Å². The van der Waals surface area contributed by atoms with Gasteiger partial charge in [-0.3, -0.25) is 9.59 Å². The summed E-state index contributed by atoms with van der Waals surface area (Å²) in [6.45, 7) is 3.00. The van der Waals surface area contributed by atoms with Crippen LogP contribution in [-0.4, -0.2) is 67.0 Å². The van der Waals surface area contributed by atoms with E-state index in [2.05, 4.69) is 17.4 Å². The van der Waals surface area contributed by atoms with E-state index in [1.54, 1.807) is 4.90 Å². The molecule has 0 aromatic heterocycles. The molecule has 0 aliphatic carbocycles. The van der Waals surface area contributed by atoms with Crippen molar-refractivity contribution in [1.82, 2.24) is 15.1 Å². The molecule has 27 heavy (non-hydrogen) atoms. The van der Waals surface area contributed by atoms with Crippen molar-refractivity contribution < 1.29 is 19.1 Å². The molecule has 0 radical (unpaired) electrons. The van der Waals surface area contributed by atoms with Crippen molar-refractivity contribution >= 4 is 17.9 Å². The first-order chi connectivity index (χ1) is 13.1. The van der Waals surface area contributed by atoms with Crippen LogP contribution in [-0.2, 0) is 20.7 Å². The Balaban J connectivity index is 1.39. The molecule has 2 aliphatic rings. The number of piperidine rings is 1. The van der Waals surface area contributed by atoms with E-state index in [1.807, 2.05) is 23.1 Å². The van der Waals surface area contributed by atoms with Crippen LogP contribution in [0.1, 0.15) is 24.8 Å². The van der Waals surface area contributed by atoms with Gasteiger partial charge in [0.05, 0.1) is 12.5 Å². The fourth-order valence-corrected chi connectivity index (χ4v) is 3.55. The third-order valence-electron chi connectivity index (χ3n) is 5.13. The minimum Gasteiger partial charge on any atom is -0.448 e. The summed E-state index contributed by atoms with van der Waals surface area (Å²) in [5, 5.41) is 2.89. The van der Waals surface area contributed by atoms with Crippen LogP contribution < -0.4 is 5.32 Å². The Labute approximate surface area is 159 Å². The van der Waals surface area contributed by atoms with E-state index < -0.39 is 0 Å². The maximum absolute atomic E-state index is 12.4. The van der Waals surface area contributed by atoms with Crippen molar-refractivity contribution in [2.45, 2.75) is 25.7 Å². The van der Waals surface area contributed by atoms with Crippen LogP contribution in [0, 0.1) is 5.92 Å². The zero-order valence-corrected chi connectivity index (χ0v) is 15.6. The van der Waals surface area contributed by atoms with E-state index in [1.165, 1.54) is 5.56 Å². The van der Waals surface area contributed by atoms with Crippen LogP contribution in [0.3, 0.4) is 0 Å². The molecule has 7 nitrogen and oxygen atoms in total. The molecule has 1 atom stereocenters.